The minimum atomic E-state index is 0.234. The Kier molecular flexibility index (Phi) is 5.69. The van der Waals surface area contributed by atoms with E-state index in [4.69, 9.17) is 0 Å². The topological polar surface area (TPSA) is 94.7 Å². The Bertz CT molecular complexity index is 1300. The van der Waals surface area contributed by atoms with Crippen LogP contribution < -0.4 is 5.43 Å². The van der Waals surface area contributed by atoms with Crippen LogP contribution in [0.15, 0.2) is 96.4 Å². The third kappa shape index (κ3) is 4.12. The van der Waals surface area contributed by atoms with Crippen molar-refractivity contribution in [3.05, 3.63) is 103 Å². The predicted octanol–water partition coefficient (Wildman–Crippen LogP) is 4.54. The lowest BCUT2D eigenvalue weighted by molar-refractivity contribution is 0.820. The van der Waals surface area contributed by atoms with Gasteiger partial charge in [-0.25, -0.2) is 4.68 Å². The first kappa shape index (κ1) is 19.4. The van der Waals surface area contributed by atoms with E-state index in [1.165, 1.54) is 12.3 Å². The number of hydrogen-bond donors (Lipinski definition) is 1. The Balaban J connectivity index is 1.77. The number of hydrogen-bond acceptors (Lipinski definition) is 5. The van der Waals surface area contributed by atoms with Crippen LogP contribution in [0.2, 0.25) is 0 Å². The molecular weight excluding hydrogens is 386 g/mol. The van der Waals surface area contributed by atoms with Crippen molar-refractivity contribution >= 4 is 17.5 Å². The van der Waals surface area contributed by atoms with Gasteiger partial charge in [-0.05, 0) is 42.5 Å². The summed E-state index contributed by atoms with van der Waals surface area (Å²) in [5.74, 6) is 0.564. The molecule has 2 heterocycles. The second-order valence-electron chi connectivity index (χ2n) is 6.44. The van der Waals surface area contributed by atoms with E-state index in [-0.39, 0.29) is 5.57 Å². The normalized spacial score (nSPS) is 11.2. The van der Waals surface area contributed by atoms with E-state index in [0.717, 1.165) is 11.4 Å². The molecule has 31 heavy (non-hydrogen) atoms. The molecule has 0 aliphatic rings. The third-order valence-corrected chi connectivity index (χ3v) is 4.48. The van der Waals surface area contributed by atoms with Crippen LogP contribution in [0.4, 0.5) is 5.69 Å². The predicted molar refractivity (Wildman–Crippen MR) is 120 cm³/mol. The number of aromatic nitrogens is 3. The number of nitrogens with one attached hydrogen (secondary N) is 1. The zero-order valence-corrected chi connectivity index (χ0v) is 16.4. The largest absolute Gasteiger partial charge is 0.307 e. The molecule has 0 unspecified atom stereocenters. The number of para-hydroxylation sites is 2. The molecule has 0 amide bonds. The maximum absolute atomic E-state index is 9.92. The van der Waals surface area contributed by atoms with Gasteiger partial charge in [0.05, 0.1) is 16.9 Å². The van der Waals surface area contributed by atoms with Gasteiger partial charge in [0.15, 0.2) is 5.82 Å². The maximum Gasteiger partial charge on any atom is 0.159 e. The summed E-state index contributed by atoms with van der Waals surface area (Å²) in [5.41, 5.74) is 5.33. The number of anilines is 1. The Hall–Kier alpha value is -4.88. The fraction of sp³-hybridized carbons (Fsp3) is 0. The third-order valence-electron chi connectivity index (χ3n) is 4.48. The van der Waals surface area contributed by atoms with Crippen molar-refractivity contribution in [1.82, 2.24) is 14.3 Å². The molecule has 0 aliphatic heterocycles. The van der Waals surface area contributed by atoms with E-state index in [2.05, 4.69) is 27.8 Å². The Morgan fingerprint density at radius 3 is 2.26 bits per heavy atom. The van der Waals surface area contributed by atoms with Crippen molar-refractivity contribution in [3.8, 4) is 23.6 Å². The minimum absolute atomic E-state index is 0.234. The van der Waals surface area contributed by atoms with Gasteiger partial charge in [-0.1, -0.05) is 36.4 Å². The van der Waals surface area contributed by atoms with E-state index >= 15 is 0 Å². The van der Waals surface area contributed by atoms with Crippen LogP contribution in [0.25, 0.3) is 17.1 Å². The summed E-state index contributed by atoms with van der Waals surface area (Å²) in [6.07, 6.45) is 6.68. The van der Waals surface area contributed by atoms with Gasteiger partial charge in [0.2, 0.25) is 0 Å². The molecule has 7 heteroatoms. The summed E-state index contributed by atoms with van der Waals surface area (Å²) < 4.78 is 3.47. The number of allylic oxidation sites excluding steroid dienone is 2. The van der Waals surface area contributed by atoms with Crippen molar-refractivity contribution in [1.29, 1.82) is 10.5 Å². The quantitative estimate of drug-likeness (QED) is 0.290. The lowest BCUT2D eigenvalue weighted by Gasteiger charge is -2.08. The molecule has 4 aromatic rings. The molecule has 0 saturated carbocycles. The fourth-order valence-electron chi connectivity index (χ4n) is 3.07. The van der Waals surface area contributed by atoms with Gasteiger partial charge >= 0.3 is 0 Å². The fourth-order valence-corrected chi connectivity index (χ4v) is 3.07. The van der Waals surface area contributed by atoms with Gasteiger partial charge < -0.3 is 4.57 Å². The summed E-state index contributed by atoms with van der Waals surface area (Å²) in [7, 11) is 0. The van der Waals surface area contributed by atoms with Crippen LogP contribution >= 0.6 is 0 Å². The van der Waals surface area contributed by atoms with Crippen LogP contribution in [0.5, 0.6) is 0 Å². The lowest BCUT2D eigenvalue weighted by Crippen LogP contribution is -2.04. The van der Waals surface area contributed by atoms with Gasteiger partial charge in [0.25, 0.3) is 0 Å². The lowest BCUT2D eigenvalue weighted by atomic mass is 10.1. The molecule has 148 valence electrons. The second kappa shape index (κ2) is 9.08. The first-order valence-corrected chi connectivity index (χ1v) is 9.48. The van der Waals surface area contributed by atoms with Crippen LogP contribution in [0.1, 0.15) is 11.3 Å². The number of rotatable bonds is 6. The average Bonchev–Trinajstić information content (AvgIpc) is 3.48. The number of benzene rings is 2. The molecule has 2 aromatic heterocycles. The molecule has 0 radical (unpaired) electrons. The van der Waals surface area contributed by atoms with Crippen LogP contribution in [0, 0.1) is 22.7 Å². The standard InChI is InChI=1S/C24H17N7/c25-17-19(13-14-27-28-20-9-3-1-4-10-20)23-22(18-26)24(30-15-7-8-16-30)31(29-23)21-11-5-2-6-12-21/h1-16,28H. The SMILES string of the molecule is N#CC(=CC=NNc1ccccc1)c1nn(-c2ccccc2)c(-n2cccc2)c1C#N. The molecule has 0 fully saturated rings. The monoisotopic (exact) mass is 403 g/mol. The zero-order chi connectivity index (χ0) is 21.5. The summed E-state index contributed by atoms with van der Waals surface area (Å²) >= 11 is 0. The average molecular weight is 403 g/mol. The van der Waals surface area contributed by atoms with E-state index in [1.807, 2.05) is 89.8 Å². The molecule has 1 N–H and O–H groups in total. The van der Waals surface area contributed by atoms with E-state index < -0.39 is 0 Å². The number of nitrogens with zero attached hydrogens (tertiary/aromatic N) is 6. The minimum Gasteiger partial charge on any atom is -0.307 e. The van der Waals surface area contributed by atoms with Gasteiger partial charge in [-0.3, -0.25) is 5.43 Å². The Morgan fingerprint density at radius 1 is 0.935 bits per heavy atom. The molecule has 0 saturated heterocycles. The first-order chi connectivity index (χ1) is 15.3. The maximum atomic E-state index is 9.92. The molecule has 2 aromatic carbocycles. The van der Waals surface area contributed by atoms with Gasteiger partial charge in [-0.15, -0.1) is 0 Å². The zero-order valence-electron chi connectivity index (χ0n) is 16.4. The number of nitriles is 2. The summed E-state index contributed by atoms with van der Waals surface area (Å²) in [5, 5.41) is 28.4. The molecule has 4 rings (SSSR count). The molecule has 0 spiro atoms. The first-order valence-electron chi connectivity index (χ1n) is 9.48. The van der Waals surface area contributed by atoms with Crippen molar-refractivity contribution in [2.24, 2.45) is 5.10 Å². The van der Waals surface area contributed by atoms with Gasteiger partial charge in [0, 0.05) is 18.6 Å². The van der Waals surface area contributed by atoms with Crippen molar-refractivity contribution in [3.63, 3.8) is 0 Å². The van der Waals surface area contributed by atoms with Crippen molar-refractivity contribution in [2.45, 2.75) is 0 Å². The molecule has 0 aliphatic carbocycles. The van der Waals surface area contributed by atoms with Crippen LogP contribution in [-0.4, -0.2) is 20.6 Å². The highest BCUT2D eigenvalue weighted by Gasteiger charge is 2.22. The van der Waals surface area contributed by atoms with Crippen LogP contribution in [-0.2, 0) is 0 Å². The molecular formula is C24H17N7. The van der Waals surface area contributed by atoms with Crippen molar-refractivity contribution in [2.75, 3.05) is 5.43 Å². The summed E-state index contributed by atoms with van der Waals surface area (Å²) in [6.45, 7) is 0. The molecule has 7 nitrogen and oxygen atoms in total. The van der Waals surface area contributed by atoms with E-state index in [1.54, 1.807) is 4.68 Å². The number of hydrazone groups is 1. The Labute approximate surface area is 179 Å². The second-order valence-corrected chi connectivity index (χ2v) is 6.44. The summed E-state index contributed by atoms with van der Waals surface area (Å²) in [6, 6.07) is 27.0. The highest BCUT2D eigenvalue weighted by molar-refractivity contribution is 5.91. The Morgan fingerprint density at radius 2 is 1.61 bits per heavy atom. The summed E-state index contributed by atoms with van der Waals surface area (Å²) in [4.78, 5) is 0. The smallest absolute Gasteiger partial charge is 0.159 e. The van der Waals surface area contributed by atoms with E-state index in [0.29, 0.717) is 17.1 Å². The van der Waals surface area contributed by atoms with Gasteiger partial charge in [0.1, 0.15) is 23.4 Å². The molecule has 0 atom stereocenters. The highest BCUT2D eigenvalue weighted by Crippen LogP contribution is 2.26. The van der Waals surface area contributed by atoms with Crippen LogP contribution in [0.3, 0.4) is 0 Å². The molecule has 0 bridgehead atoms. The van der Waals surface area contributed by atoms with Crippen molar-refractivity contribution < 1.29 is 0 Å². The van der Waals surface area contributed by atoms with Gasteiger partial charge in [-0.2, -0.15) is 20.7 Å². The van der Waals surface area contributed by atoms with E-state index in [9.17, 15) is 10.5 Å². The highest BCUT2D eigenvalue weighted by atomic mass is 15.3.